The standard InChI is InChI=1S/C12H15ClN4O3/c1-12(11(18)14-2)3-4-16(7-12)10-6-8(17(19)20)5-9(13)15-10/h5-6H,3-4,7H2,1-2H3,(H,14,18). The Kier molecular flexibility index (Phi) is 3.80. The summed E-state index contributed by atoms with van der Waals surface area (Å²) in [4.78, 5) is 28.1. The average molecular weight is 299 g/mol. The van der Waals surface area contributed by atoms with Crippen LogP contribution in [-0.2, 0) is 4.79 Å². The molecule has 2 rings (SSSR count). The third-order valence-corrected chi connectivity index (χ3v) is 3.74. The highest BCUT2D eigenvalue weighted by atomic mass is 35.5. The molecule has 20 heavy (non-hydrogen) atoms. The van der Waals surface area contributed by atoms with E-state index in [1.165, 1.54) is 12.1 Å². The molecule has 0 aromatic carbocycles. The first-order valence-corrected chi connectivity index (χ1v) is 6.52. The van der Waals surface area contributed by atoms with Crippen LogP contribution >= 0.6 is 11.6 Å². The molecule has 1 atom stereocenters. The van der Waals surface area contributed by atoms with Gasteiger partial charge in [0, 0.05) is 20.1 Å². The molecule has 8 heteroatoms. The van der Waals surface area contributed by atoms with Crippen LogP contribution in [0.3, 0.4) is 0 Å². The average Bonchev–Trinajstić information content (AvgIpc) is 2.81. The van der Waals surface area contributed by atoms with Gasteiger partial charge < -0.3 is 10.2 Å². The molecule has 0 saturated carbocycles. The number of nitro groups is 1. The second-order valence-corrected chi connectivity index (χ2v) is 5.46. The lowest BCUT2D eigenvalue weighted by Crippen LogP contribution is -2.39. The Bertz CT molecular complexity index is 566. The zero-order valence-electron chi connectivity index (χ0n) is 11.2. The summed E-state index contributed by atoms with van der Waals surface area (Å²) in [5.74, 6) is 0.383. The van der Waals surface area contributed by atoms with Crippen molar-refractivity contribution >= 4 is 29.0 Å². The van der Waals surface area contributed by atoms with E-state index < -0.39 is 10.3 Å². The first-order valence-electron chi connectivity index (χ1n) is 6.15. The Morgan fingerprint density at radius 1 is 1.60 bits per heavy atom. The normalized spacial score (nSPS) is 21.9. The predicted octanol–water partition coefficient (Wildman–Crippen LogP) is 1.61. The molecular formula is C12H15ClN4O3. The van der Waals surface area contributed by atoms with Gasteiger partial charge in [0.15, 0.2) is 0 Å². The summed E-state index contributed by atoms with van der Waals surface area (Å²) in [7, 11) is 1.60. The van der Waals surface area contributed by atoms with Crippen LogP contribution in [0.1, 0.15) is 13.3 Å². The Morgan fingerprint density at radius 2 is 2.30 bits per heavy atom. The first-order chi connectivity index (χ1) is 9.35. The van der Waals surface area contributed by atoms with Gasteiger partial charge in [0.2, 0.25) is 5.91 Å². The van der Waals surface area contributed by atoms with E-state index in [-0.39, 0.29) is 16.7 Å². The number of hydrogen-bond acceptors (Lipinski definition) is 5. The summed E-state index contributed by atoms with van der Waals surface area (Å²) in [5.41, 5.74) is -0.624. The van der Waals surface area contributed by atoms with E-state index >= 15 is 0 Å². The van der Waals surface area contributed by atoms with Gasteiger partial charge in [-0.2, -0.15) is 0 Å². The number of halogens is 1. The molecule has 1 aromatic rings. The van der Waals surface area contributed by atoms with Crippen LogP contribution in [0.25, 0.3) is 0 Å². The highest BCUT2D eigenvalue weighted by molar-refractivity contribution is 6.29. The van der Waals surface area contributed by atoms with E-state index in [2.05, 4.69) is 10.3 Å². The number of nitrogens with zero attached hydrogens (tertiary/aromatic N) is 3. The SMILES string of the molecule is CNC(=O)C1(C)CCN(c2cc([N+](=O)[O-])cc(Cl)n2)C1. The lowest BCUT2D eigenvalue weighted by molar-refractivity contribution is -0.384. The van der Waals surface area contributed by atoms with Crippen LogP contribution in [0.4, 0.5) is 11.5 Å². The van der Waals surface area contributed by atoms with Gasteiger partial charge in [-0.05, 0) is 13.3 Å². The third kappa shape index (κ3) is 2.67. The second-order valence-electron chi connectivity index (χ2n) is 5.07. The topological polar surface area (TPSA) is 88.4 Å². The molecule has 1 aliphatic heterocycles. The summed E-state index contributed by atoms with van der Waals surface area (Å²) in [6.07, 6.45) is 0.661. The van der Waals surface area contributed by atoms with Gasteiger partial charge in [0.05, 0.1) is 22.5 Å². The van der Waals surface area contributed by atoms with E-state index in [1.54, 1.807) is 7.05 Å². The molecule has 1 aliphatic rings. The summed E-state index contributed by atoms with van der Waals surface area (Å²) in [6, 6.07) is 2.58. The highest BCUT2D eigenvalue weighted by Gasteiger charge is 2.40. The number of hydrogen-bond donors (Lipinski definition) is 1. The van der Waals surface area contributed by atoms with Crippen LogP contribution in [0.15, 0.2) is 12.1 Å². The van der Waals surface area contributed by atoms with Crippen LogP contribution < -0.4 is 10.2 Å². The zero-order chi connectivity index (χ0) is 14.9. The van der Waals surface area contributed by atoms with Gasteiger partial charge >= 0.3 is 0 Å². The Balaban J connectivity index is 2.26. The van der Waals surface area contributed by atoms with Crippen LogP contribution in [-0.4, -0.2) is 36.0 Å². The molecule has 0 bridgehead atoms. The zero-order valence-corrected chi connectivity index (χ0v) is 12.0. The van der Waals surface area contributed by atoms with E-state index in [1.807, 2.05) is 11.8 Å². The summed E-state index contributed by atoms with van der Waals surface area (Å²) in [6.45, 7) is 2.93. The van der Waals surface area contributed by atoms with Gasteiger partial charge in [0.25, 0.3) is 5.69 Å². The molecule has 1 saturated heterocycles. The molecule has 7 nitrogen and oxygen atoms in total. The quantitative estimate of drug-likeness (QED) is 0.520. The van der Waals surface area contributed by atoms with E-state index in [4.69, 9.17) is 11.6 Å². The molecule has 1 aromatic heterocycles. The number of aromatic nitrogens is 1. The van der Waals surface area contributed by atoms with E-state index in [0.717, 1.165) is 0 Å². The van der Waals surface area contributed by atoms with Gasteiger partial charge in [-0.3, -0.25) is 14.9 Å². The van der Waals surface area contributed by atoms with Crippen molar-refractivity contribution in [2.75, 3.05) is 25.0 Å². The maximum atomic E-state index is 11.9. The molecule has 1 fully saturated rings. The Labute approximate surface area is 121 Å². The van der Waals surface area contributed by atoms with E-state index in [9.17, 15) is 14.9 Å². The van der Waals surface area contributed by atoms with Crippen molar-refractivity contribution in [3.8, 4) is 0 Å². The lowest BCUT2D eigenvalue weighted by atomic mass is 9.89. The van der Waals surface area contributed by atoms with E-state index in [0.29, 0.717) is 25.3 Å². The molecule has 1 amide bonds. The molecule has 0 spiro atoms. The van der Waals surface area contributed by atoms with Gasteiger partial charge in [0.1, 0.15) is 11.0 Å². The number of nitrogens with one attached hydrogen (secondary N) is 1. The Hall–Kier alpha value is -1.89. The minimum Gasteiger partial charge on any atom is -0.359 e. The van der Waals surface area contributed by atoms with Crippen molar-refractivity contribution in [3.05, 3.63) is 27.4 Å². The fourth-order valence-electron chi connectivity index (χ4n) is 2.38. The largest absolute Gasteiger partial charge is 0.359 e. The maximum Gasteiger partial charge on any atom is 0.276 e. The molecule has 108 valence electrons. The Morgan fingerprint density at radius 3 is 2.90 bits per heavy atom. The number of rotatable bonds is 3. The number of pyridine rings is 1. The maximum absolute atomic E-state index is 11.9. The third-order valence-electron chi connectivity index (χ3n) is 3.55. The van der Waals surface area contributed by atoms with Gasteiger partial charge in [-0.1, -0.05) is 11.6 Å². The van der Waals surface area contributed by atoms with Crippen molar-refractivity contribution in [2.24, 2.45) is 5.41 Å². The van der Waals surface area contributed by atoms with Gasteiger partial charge in [-0.25, -0.2) is 4.98 Å². The minimum atomic E-state index is -0.520. The summed E-state index contributed by atoms with van der Waals surface area (Å²) < 4.78 is 0. The molecule has 1 N–H and O–H groups in total. The van der Waals surface area contributed by atoms with Gasteiger partial charge in [-0.15, -0.1) is 0 Å². The van der Waals surface area contributed by atoms with Crippen molar-refractivity contribution in [1.82, 2.24) is 10.3 Å². The lowest BCUT2D eigenvalue weighted by Gasteiger charge is -2.23. The first kappa shape index (κ1) is 14.5. The number of carbonyl (C=O) groups excluding carboxylic acids is 1. The van der Waals surface area contributed by atoms with Crippen LogP contribution in [0.5, 0.6) is 0 Å². The molecule has 1 unspecified atom stereocenters. The molecule has 0 radical (unpaired) electrons. The summed E-state index contributed by atoms with van der Waals surface area (Å²) >= 11 is 5.81. The fraction of sp³-hybridized carbons (Fsp3) is 0.500. The summed E-state index contributed by atoms with van der Waals surface area (Å²) in [5, 5.41) is 13.6. The fourth-order valence-corrected chi connectivity index (χ4v) is 2.58. The molecule has 0 aliphatic carbocycles. The van der Waals surface area contributed by atoms with Crippen molar-refractivity contribution in [1.29, 1.82) is 0 Å². The molecule has 2 heterocycles. The van der Waals surface area contributed by atoms with Crippen molar-refractivity contribution in [2.45, 2.75) is 13.3 Å². The monoisotopic (exact) mass is 298 g/mol. The smallest absolute Gasteiger partial charge is 0.276 e. The number of anilines is 1. The predicted molar refractivity (Wildman–Crippen MR) is 74.9 cm³/mol. The highest BCUT2D eigenvalue weighted by Crippen LogP contribution is 2.34. The van der Waals surface area contributed by atoms with Crippen molar-refractivity contribution < 1.29 is 9.72 Å². The number of carbonyl (C=O) groups is 1. The number of amides is 1. The molecular weight excluding hydrogens is 284 g/mol. The van der Waals surface area contributed by atoms with Crippen molar-refractivity contribution in [3.63, 3.8) is 0 Å². The van der Waals surface area contributed by atoms with Crippen LogP contribution in [0.2, 0.25) is 5.15 Å². The van der Waals surface area contributed by atoms with Crippen LogP contribution in [0, 0.1) is 15.5 Å². The minimum absolute atomic E-state index is 0.0449. The second kappa shape index (κ2) is 5.24.